The van der Waals surface area contributed by atoms with Crippen LogP contribution in [-0.2, 0) is 14.3 Å². The first-order chi connectivity index (χ1) is 10.9. The quantitative estimate of drug-likeness (QED) is 0.821. The number of aliphatic carboxylic acids is 1. The second kappa shape index (κ2) is 4.92. The lowest BCUT2D eigenvalue weighted by Crippen LogP contribution is -2.39. The smallest absolute Gasteiger partial charge is 0.310 e. The fourth-order valence-corrected chi connectivity index (χ4v) is 4.32. The summed E-state index contributed by atoms with van der Waals surface area (Å²) < 4.78 is 6.88. The van der Waals surface area contributed by atoms with Gasteiger partial charge in [-0.05, 0) is 24.6 Å². The predicted octanol–water partition coefficient (Wildman–Crippen LogP) is 2.38. The van der Waals surface area contributed by atoms with Crippen LogP contribution >= 0.6 is 15.9 Å². The van der Waals surface area contributed by atoms with E-state index >= 15 is 0 Å². The number of amides is 1. The van der Waals surface area contributed by atoms with Crippen molar-refractivity contribution in [1.29, 1.82) is 0 Å². The number of carbonyl (C=O) groups excluding carboxylic acids is 1. The molecule has 1 N–H and O–H groups in total. The van der Waals surface area contributed by atoms with Gasteiger partial charge in [-0.1, -0.05) is 40.2 Å². The number of carboxylic acid groups (broad SMARTS) is 1. The van der Waals surface area contributed by atoms with Crippen molar-refractivity contribution in [2.24, 2.45) is 11.8 Å². The lowest BCUT2D eigenvalue weighted by molar-refractivity contribution is -0.148. The number of hydrogen-bond acceptors (Lipinski definition) is 3. The van der Waals surface area contributed by atoms with Crippen molar-refractivity contribution in [3.8, 4) is 0 Å². The van der Waals surface area contributed by atoms with Crippen LogP contribution in [0.1, 0.15) is 18.5 Å². The number of fused-ring (bicyclic) bond motifs is 1. The van der Waals surface area contributed by atoms with E-state index in [4.69, 9.17) is 4.74 Å². The maximum atomic E-state index is 12.9. The van der Waals surface area contributed by atoms with Gasteiger partial charge >= 0.3 is 5.97 Å². The summed E-state index contributed by atoms with van der Waals surface area (Å²) in [6.45, 7) is 2.37. The third kappa shape index (κ3) is 2.01. The van der Waals surface area contributed by atoms with Crippen LogP contribution in [0.5, 0.6) is 0 Å². The average Bonchev–Trinajstić information content (AvgIpc) is 3.15. The molecule has 0 unspecified atom stereocenters. The Morgan fingerprint density at radius 3 is 2.78 bits per heavy atom. The summed E-state index contributed by atoms with van der Waals surface area (Å²) in [5, 5.41) is 9.48. The number of likely N-dealkylation sites (tertiary alicyclic amines) is 1. The molecule has 2 fully saturated rings. The third-order valence-corrected chi connectivity index (χ3v) is 5.76. The Hall–Kier alpha value is -1.66. The van der Waals surface area contributed by atoms with Gasteiger partial charge in [0.2, 0.25) is 5.91 Å². The standard InChI is InChI=1S/C17H16BrNO4/c1-9(10-2-4-11(18)5-3-10)19-8-17-7-6-12(23-17)13(16(21)22)14(17)15(19)20/h2-7,9,12-14H,8H2,1H3,(H,21,22)/t9-,12+,13+,14-,17+/m1/s1. The van der Waals surface area contributed by atoms with Crippen molar-refractivity contribution in [2.75, 3.05) is 6.54 Å². The normalized spacial score (nSPS) is 35.7. The van der Waals surface area contributed by atoms with Gasteiger partial charge in [-0.3, -0.25) is 9.59 Å². The number of nitrogens with zero attached hydrogens (tertiary/aromatic N) is 1. The SMILES string of the molecule is C[C@H](c1ccc(Br)cc1)N1C[C@]23C=C[C@H](O2)[C@H](C(=O)O)[C@@H]3C1=O. The molecule has 5 atom stereocenters. The van der Waals surface area contributed by atoms with Gasteiger partial charge in [0, 0.05) is 4.47 Å². The summed E-state index contributed by atoms with van der Waals surface area (Å²) in [6, 6.07) is 7.69. The molecule has 0 aromatic heterocycles. The lowest BCUT2D eigenvalue weighted by Gasteiger charge is -2.27. The highest BCUT2D eigenvalue weighted by atomic mass is 79.9. The zero-order chi connectivity index (χ0) is 16.4. The Balaban J connectivity index is 1.66. The molecule has 1 amide bonds. The van der Waals surface area contributed by atoms with E-state index in [2.05, 4.69) is 15.9 Å². The summed E-state index contributed by atoms with van der Waals surface area (Å²) in [5.74, 6) is -2.49. The molecule has 3 aliphatic heterocycles. The topological polar surface area (TPSA) is 66.8 Å². The van der Waals surface area contributed by atoms with E-state index in [1.54, 1.807) is 11.0 Å². The fourth-order valence-electron chi connectivity index (χ4n) is 4.06. The molecule has 5 nitrogen and oxygen atoms in total. The minimum absolute atomic E-state index is 0.124. The molecule has 0 saturated carbocycles. The van der Waals surface area contributed by atoms with Crippen LogP contribution in [0, 0.1) is 11.8 Å². The van der Waals surface area contributed by atoms with Gasteiger partial charge < -0.3 is 14.7 Å². The molecule has 0 aliphatic carbocycles. The first-order valence-corrected chi connectivity index (χ1v) is 8.38. The third-order valence-electron chi connectivity index (χ3n) is 5.23. The maximum absolute atomic E-state index is 12.9. The minimum atomic E-state index is -0.960. The van der Waals surface area contributed by atoms with Crippen molar-refractivity contribution < 1.29 is 19.4 Å². The molecule has 3 aliphatic rings. The van der Waals surface area contributed by atoms with Crippen LogP contribution in [0.4, 0.5) is 0 Å². The Bertz CT molecular complexity index is 716. The van der Waals surface area contributed by atoms with Gasteiger partial charge in [0.15, 0.2) is 0 Å². The molecular formula is C17H16BrNO4. The number of carbonyl (C=O) groups is 2. The van der Waals surface area contributed by atoms with Crippen LogP contribution in [0.3, 0.4) is 0 Å². The first kappa shape index (κ1) is 14.9. The van der Waals surface area contributed by atoms with Crippen LogP contribution in [0.25, 0.3) is 0 Å². The highest BCUT2D eigenvalue weighted by Crippen LogP contribution is 2.53. The molecule has 2 saturated heterocycles. The van der Waals surface area contributed by atoms with Gasteiger partial charge in [0.1, 0.15) is 11.5 Å². The van der Waals surface area contributed by atoms with E-state index in [-0.39, 0.29) is 11.9 Å². The zero-order valence-electron chi connectivity index (χ0n) is 12.5. The number of rotatable bonds is 3. The van der Waals surface area contributed by atoms with Crippen LogP contribution in [-0.4, -0.2) is 40.1 Å². The molecular weight excluding hydrogens is 362 g/mol. The summed E-state index contributed by atoms with van der Waals surface area (Å²) in [4.78, 5) is 26.2. The van der Waals surface area contributed by atoms with Gasteiger partial charge in [-0.25, -0.2) is 0 Å². The van der Waals surface area contributed by atoms with Gasteiger partial charge in [-0.2, -0.15) is 0 Å². The molecule has 2 bridgehead atoms. The largest absolute Gasteiger partial charge is 0.481 e. The molecule has 3 heterocycles. The fraction of sp³-hybridized carbons (Fsp3) is 0.412. The molecule has 0 radical (unpaired) electrons. The predicted molar refractivity (Wildman–Crippen MR) is 85.6 cm³/mol. The summed E-state index contributed by atoms with van der Waals surface area (Å²) in [6.07, 6.45) is 3.19. The number of ether oxygens (including phenoxy) is 1. The van der Waals surface area contributed by atoms with Gasteiger partial charge in [0.25, 0.3) is 0 Å². The zero-order valence-corrected chi connectivity index (χ0v) is 14.1. The summed E-state index contributed by atoms with van der Waals surface area (Å²) >= 11 is 3.40. The second-order valence-electron chi connectivity index (χ2n) is 6.43. The van der Waals surface area contributed by atoms with E-state index in [1.807, 2.05) is 37.3 Å². The van der Waals surface area contributed by atoms with Crippen molar-refractivity contribution in [2.45, 2.75) is 24.7 Å². The Morgan fingerprint density at radius 1 is 1.43 bits per heavy atom. The van der Waals surface area contributed by atoms with Crippen molar-refractivity contribution in [3.63, 3.8) is 0 Å². The van der Waals surface area contributed by atoms with Crippen LogP contribution in [0.15, 0.2) is 40.9 Å². The van der Waals surface area contributed by atoms with E-state index in [0.717, 1.165) is 10.0 Å². The van der Waals surface area contributed by atoms with E-state index < -0.39 is 29.5 Å². The maximum Gasteiger partial charge on any atom is 0.310 e. The first-order valence-electron chi connectivity index (χ1n) is 7.59. The van der Waals surface area contributed by atoms with Gasteiger partial charge in [-0.15, -0.1) is 0 Å². The highest BCUT2D eigenvalue weighted by molar-refractivity contribution is 9.10. The Labute approximate surface area is 142 Å². The van der Waals surface area contributed by atoms with Crippen LogP contribution in [0.2, 0.25) is 0 Å². The monoisotopic (exact) mass is 377 g/mol. The van der Waals surface area contributed by atoms with Crippen molar-refractivity contribution in [3.05, 3.63) is 46.5 Å². The van der Waals surface area contributed by atoms with Crippen molar-refractivity contribution >= 4 is 27.8 Å². The minimum Gasteiger partial charge on any atom is -0.481 e. The molecule has 120 valence electrons. The number of benzene rings is 1. The summed E-state index contributed by atoms with van der Waals surface area (Å²) in [7, 11) is 0. The Morgan fingerprint density at radius 2 is 2.13 bits per heavy atom. The average molecular weight is 378 g/mol. The summed E-state index contributed by atoms with van der Waals surface area (Å²) in [5.41, 5.74) is 0.248. The molecule has 6 heteroatoms. The lowest BCUT2D eigenvalue weighted by atomic mass is 9.77. The van der Waals surface area contributed by atoms with Crippen molar-refractivity contribution in [1.82, 2.24) is 4.90 Å². The van der Waals surface area contributed by atoms with E-state index in [9.17, 15) is 14.7 Å². The number of hydrogen-bond donors (Lipinski definition) is 1. The second-order valence-corrected chi connectivity index (χ2v) is 7.35. The molecule has 4 rings (SSSR count). The van der Waals surface area contributed by atoms with E-state index in [1.165, 1.54) is 0 Å². The molecule has 1 aromatic carbocycles. The highest BCUT2D eigenvalue weighted by Gasteiger charge is 2.67. The van der Waals surface area contributed by atoms with Crippen LogP contribution < -0.4 is 0 Å². The number of carboxylic acids is 1. The molecule has 1 spiro atoms. The van der Waals surface area contributed by atoms with Gasteiger partial charge in [0.05, 0.1) is 24.6 Å². The molecule has 23 heavy (non-hydrogen) atoms. The van der Waals surface area contributed by atoms with E-state index in [0.29, 0.717) is 6.54 Å². The molecule has 1 aromatic rings. The number of halogens is 1. The Kier molecular flexibility index (Phi) is 3.19.